The SMILES string of the molecule is CC1CCC2[C@@H]1C(=O)OC[C@H]2C. The van der Waals surface area contributed by atoms with Crippen LogP contribution in [0.15, 0.2) is 0 Å². The Morgan fingerprint density at radius 3 is 2.67 bits per heavy atom. The van der Waals surface area contributed by atoms with Gasteiger partial charge in [0, 0.05) is 0 Å². The maximum Gasteiger partial charge on any atom is 0.309 e. The van der Waals surface area contributed by atoms with Gasteiger partial charge in [-0.2, -0.15) is 0 Å². The summed E-state index contributed by atoms with van der Waals surface area (Å²) in [6.45, 7) is 5.01. The Morgan fingerprint density at radius 2 is 2.00 bits per heavy atom. The molecule has 1 aliphatic heterocycles. The smallest absolute Gasteiger partial charge is 0.309 e. The van der Waals surface area contributed by atoms with Crippen LogP contribution in [0.3, 0.4) is 0 Å². The molecule has 1 saturated carbocycles. The van der Waals surface area contributed by atoms with E-state index in [1.165, 1.54) is 12.8 Å². The lowest BCUT2D eigenvalue weighted by molar-refractivity contribution is -0.160. The van der Waals surface area contributed by atoms with Crippen molar-refractivity contribution in [1.29, 1.82) is 0 Å². The van der Waals surface area contributed by atoms with Gasteiger partial charge in [0.15, 0.2) is 0 Å². The summed E-state index contributed by atoms with van der Waals surface area (Å²) in [6, 6.07) is 0. The molecule has 4 atom stereocenters. The molecule has 0 amide bonds. The highest BCUT2D eigenvalue weighted by atomic mass is 16.5. The van der Waals surface area contributed by atoms with Gasteiger partial charge in [-0.1, -0.05) is 13.8 Å². The maximum atomic E-state index is 11.4. The molecule has 2 fully saturated rings. The van der Waals surface area contributed by atoms with Crippen LogP contribution < -0.4 is 0 Å². The molecule has 1 saturated heterocycles. The number of esters is 1. The van der Waals surface area contributed by atoms with Crippen LogP contribution in [0.4, 0.5) is 0 Å². The Morgan fingerprint density at radius 1 is 1.25 bits per heavy atom. The third-order valence-electron chi connectivity index (χ3n) is 3.52. The van der Waals surface area contributed by atoms with E-state index in [1.807, 2.05) is 0 Å². The predicted octanol–water partition coefficient (Wildman–Crippen LogP) is 1.84. The molecular formula is C10H16O2. The van der Waals surface area contributed by atoms with Gasteiger partial charge in [0.2, 0.25) is 0 Å². The zero-order chi connectivity index (χ0) is 8.72. The van der Waals surface area contributed by atoms with E-state index in [2.05, 4.69) is 13.8 Å². The normalized spacial score (nSPS) is 47.0. The Balaban J connectivity index is 2.18. The standard InChI is InChI=1S/C10H16O2/c1-6-3-4-8-7(2)5-12-10(11)9(6)8/h6-9H,3-5H2,1-2H3/t6?,7-,8?,9-/m1/s1. The van der Waals surface area contributed by atoms with E-state index in [-0.39, 0.29) is 11.9 Å². The highest BCUT2D eigenvalue weighted by Crippen LogP contribution is 2.44. The fourth-order valence-corrected chi connectivity index (χ4v) is 2.72. The van der Waals surface area contributed by atoms with Gasteiger partial charge in [-0.15, -0.1) is 0 Å². The zero-order valence-corrected chi connectivity index (χ0v) is 7.75. The third kappa shape index (κ3) is 1.05. The number of hydrogen-bond donors (Lipinski definition) is 0. The van der Waals surface area contributed by atoms with Gasteiger partial charge in [0.25, 0.3) is 0 Å². The first kappa shape index (κ1) is 8.09. The number of rotatable bonds is 0. The summed E-state index contributed by atoms with van der Waals surface area (Å²) in [5.74, 6) is 2.01. The van der Waals surface area contributed by atoms with E-state index in [1.54, 1.807) is 0 Å². The van der Waals surface area contributed by atoms with E-state index in [0.717, 1.165) is 0 Å². The summed E-state index contributed by atoms with van der Waals surface area (Å²) < 4.78 is 5.14. The molecule has 2 heteroatoms. The van der Waals surface area contributed by atoms with Gasteiger partial charge in [-0.05, 0) is 30.6 Å². The lowest BCUT2D eigenvalue weighted by atomic mass is 9.81. The number of fused-ring (bicyclic) bond motifs is 1. The summed E-state index contributed by atoms with van der Waals surface area (Å²) in [5.41, 5.74) is 0. The van der Waals surface area contributed by atoms with Gasteiger partial charge in [-0.3, -0.25) is 4.79 Å². The monoisotopic (exact) mass is 168 g/mol. The zero-order valence-electron chi connectivity index (χ0n) is 7.75. The average molecular weight is 168 g/mol. The highest BCUT2D eigenvalue weighted by Gasteiger charge is 2.45. The van der Waals surface area contributed by atoms with Crippen molar-refractivity contribution < 1.29 is 9.53 Å². The molecular weight excluding hydrogens is 152 g/mol. The van der Waals surface area contributed by atoms with Crippen molar-refractivity contribution >= 4 is 5.97 Å². The quantitative estimate of drug-likeness (QED) is 0.516. The third-order valence-corrected chi connectivity index (χ3v) is 3.52. The molecule has 0 N–H and O–H groups in total. The van der Waals surface area contributed by atoms with Crippen LogP contribution in [0.2, 0.25) is 0 Å². The van der Waals surface area contributed by atoms with Gasteiger partial charge >= 0.3 is 5.97 Å². The molecule has 1 aliphatic carbocycles. The van der Waals surface area contributed by atoms with Crippen molar-refractivity contribution in [3.05, 3.63) is 0 Å². The molecule has 0 bridgehead atoms. The second-order valence-corrected chi connectivity index (χ2v) is 4.35. The molecule has 12 heavy (non-hydrogen) atoms. The first-order chi connectivity index (χ1) is 5.70. The molecule has 0 aromatic rings. The fraction of sp³-hybridized carbons (Fsp3) is 0.900. The van der Waals surface area contributed by atoms with E-state index in [0.29, 0.717) is 24.4 Å². The number of hydrogen-bond acceptors (Lipinski definition) is 2. The fourth-order valence-electron chi connectivity index (χ4n) is 2.72. The van der Waals surface area contributed by atoms with Crippen molar-refractivity contribution in [2.45, 2.75) is 26.7 Å². The lowest BCUT2D eigenvalue weighted by Crippen LogP contribution is -2.37. The van der Waals surface area contributed by atoms with Crippen LogP contribution in [-0.4, -0.2) is 12.6 Å². The molecule has 0 spiro atoms. The molecule has 2 aliphatic rings. The van der Waals surface area contributed by atoms with Crippen molar-refractivity contribution in [2.75, 3.05) is 6.61 Å². The van der Waals surface area contributed by atoms with Crippen LogP contribution in [0.25, 0.3) is 0 Å². The summed E-state index contributed by atoms with van der Waals surface area (Å²) in [6.07, 6.45) is 2.43. The minimum Gasteiger partial charge on any atom is -0.465 e. The van der Waals surface area contributed by atoms with Gasteiger partial charge in [-0.25, -0.2) is 0 Å². The summed E-state index contributed by atoms with van der Waals surface area (Å²) in [5, 5.41) is 0. The van der Waals surface area contributed by atoms with Crippen LogP contribution in [0, 0.1) is 23.7 Å². The number of carbonyl (C=O) groups is 1. The molecule has 68 valence electrons. The van der Waals surface area contributed by atoms with Crippen LogP contribution >= 0.6 is 0 Å². The average Bonchev–Trinajstić information content (AvgIpc) is 2.42. The molecule has 0 aromatic heterocycles. The van der Waals surface area contributed by atoms with E-state index >= 15 is 0 Å². The number of ether oxygens (including phenoxy) is 1. The largest absolute Gasteiger partial charge is 0.465 e. The summed E-state index contributed by atoms with van der Waals surface area (Å²) in [7, 11) is 0. The Hall–Kier alpha value is -0.530. The lowest BCUT2D eigenvalue weighted by Gasteiger charge is -2.31. The summed E-state index contributed by atoms with van der Waals surface area (Å²) >= 11 is 0. The topological polar surface area (TPSA) is 26.3 Å². The van der Waals surface area contributed by atoms with Crippen LogP contribution in [-0.2, 0) is 9.53 Å². The Kier molecular flexibility index (Phi) is 1.85. The number of cyclic esters (lactones) is 1. The molecule has 2 nitrogen and oxygen atoms in total. The van der Waals surface area contributed by atoms with Gasteiger partial charge < -0.3 is 4.74 Å². The molecule has 1 heterocycles. The Labute approximate surface area is 73.3 Å². The minimum atomic E-state index is 0.0584. The van der Waals surface area contributed by atoms with Crippen LogP contribution in [0.1, 0.15) is 26.7 Å². The van der Waals surface area contributed by atoms with Crippen molar-refractivity contribution in [3.63, 3.8) is 0 Å². The minimum absolute atomic E-state index is 0.0584. The molecule has 2 unspecified atom stereocenters. The van der Waals surface area contributed by atoms with E-state index in [4.69, 9.17) is 4.74 Å². The van der Waals surface area contributed by atoms with Crippen molar-refractivity contribution in [3.8, 4) is 0 Å². The highest BCUT2D eigenvalue weighted by molar-refractivity contribution is 5.74. The summed E-state index contributed by atoms with van der Waals surface area (Å²) in [4.78, 5) is 11.4. The maximum absolute atomic E-state index is 11.4. The van der Waals surface area contributed by atoms with Crippen molar-refractivity contribution in [1.82, 2.24) is 0 Å². The second-order valence-electron chi connectivity index (χ2n) is 4.35. The van der Waals surface area contributed by atoms with Gasteiger partial charge in [0.05, 0.1) is 12.5 Å². The molecule has 0 radical (unpaired) electrons. The predicted molar refractivity (Wildman–Crippen MR) is 45.5 cm³/mol. The van der Waals surface area contributed by atoms with E-state index in [9.17, 15) is 4.79 Å². The molecule has 2 rings (SSSR count). The van der Waals surface area contributed by atoms with Crippen LogP contribution in [0.5, 0.6) is 0 Å². The second kappa shape index (κ2) is 2.75. The number of carbonyl (C=O) groups excluding carboxylic acids is 1. The Bertz CT molecular complexity index is 200. The first-order valence-electron chi connectivity index (χ1n) is 4.87. The molecule has 0 aromatic carbocycles. The first-order valence-corrected chi connectivity index (χ1v) is 4.87. The van der Waals surface area contributed by atoms with E-state index < -0.39 is 0 Å². The van der Waals surface area contributed by atoms with Gasteiger partial charge in [0.1, 0.15) is 0 Å². The van der Waals surface area contributed by atoms with Crippen molar-refractivity contribution in [2.24, 2.45) is 23.7 Å².